The summed E-state index contributed by atoms with van der Waals surface area (Å²) in [6.45, 7) is 3.72. The van der Waals surface area contributed by atoms with Crippen molar-refractivity contribution in [2.75, 3.05) is 13.6 Å². The topological polar surface area (TPSA) is 109 Å². The third kappa shape index (κ3) is 2.22. The van der Waals surface area contributed by atoms with Gasteiger partial charge in [0, 0.05) is 13.6 Å². The van der Waals surface area contributed by atoms with Crippen molar-refractivity contribution in [3.63, 3.8) is 0 Å². The second-order valence-corrected chi connectivity index (χ2v) is 4.89. The molecule has 1 aromatic heterocycles. The quantitative estimate of drug-likeness (QED) is 0.746. The number of rotatable bonds is 3. The van der Waals surface area contributed by atoms with Gasteiger partial charge in [-0.2, -0.15) is 5.10 Å². The molecule has 0 aliphatic rings. The van der Waals surface area contributed by atoms with Gasteiger partial charge in [0.25, 0.3) is 5.91 Å². The van der Waals surface area contributed by atoms with Gasteiger partial charge in [-0.25, -0.2) is 13.6 Å². The third-order valence-corrected chi connectivity index (χ3v) is 3.27. The van der Waals surface area contributed by atoms with Crippen LogP contribution in [0.2, 0.25) is 0 Å². The highest BCUT2D eigenvalue weighted by atomic mass is 32.2. The Hall–Kier alpha value is -1.41. The van der Waals surface area contributed by atoms with Gasteiger partial charge in [-0.05, 0) is 13.8 Å². The highest BCUT2D eigenvalue weighted by molar-refractivity contribution is 7.89. The number of aromatic nitrogens is 2. The number of amides is 1. The van der Waals surface area contributed by atoms with Crippen molar-refractivity contribution in [3.8, 4) is 0 Å². The maximum Gasteiger partial charge on any atom is 0.275 e. The van der Waals surface area contributed by atoms with Crippen molar-refractivity contribution in [1.29, 1.82) is 0 Å². The summed E-state index contributed by atoms with van der Waals surface area (Å²) in [7, 11) is -2.39. The summed E-state index contributed by atoms with van der Waals surface area (Å²) >= 11 is 0. The second-order valence-electron chi connectivity index (χ2n) is 3.39. The van der Waals surface area contributed by atoms with E-state index in [4.69, 9.17) is 5.14 Å². The molecule has 1 amide bonds. The number of aromatic amines is 1. The lowest BCUT2D eigenvalue weighted by atomic mass is 10.3. The molecule has 0 spiro atoms. The Kier molecular flexibility index (Phi) is 3.34. The molecule has 0 radical (unpaired) electrons. The van der Waals surface area contributed by atoms with Crippen molar-refractivity contribution >= 4 is 15.9 Å². The monoisotopic (exact) mass is 246 g/mol. The van der Waals surface area contributed by atoms with Crippen LogP contribution in [0.3, 0.4) is 0 Å². The zero-order chi connectivity index (χ0) is 12.5. The first kappa shape index (κ1) is 12.7. The Morgan fingerprint density at radius 2 is 2.12 bits per heavy atom. The molecular formula is C8H14N4O3S. The number of carbonyl (C=O) groups is 1. The van der Waals surface area contributed by atoms with E-state index in [0.29, 0.717) is 6.54 Å². The van der Waals surface area contributed by atoms with Crippen LogP contribution in [0.5, 0.6) is 0 Å². The molecule has 1 heterocycles. The lowest BCUT2D eigenvalue weighted by molar-refractivity contribution is 0.0793. The zero-order valence-electron chi connectivity index (χ0n) is 9.31. The molecule has 0 aromatic carbocycles. The molecule has 3 N–H and O–H groups in total. The summed E-state index contributed by atoms with van der Waals surface area (Å²) in [4.78, 5) is 12.9. The van der Waals surface area contributed by atoms with E-state index in [2.05, 4.69) is 10.2 Å². The van der Waals surface area contributed by atoms with Crippen molar-refractivity contribution in [3.05, 3.63) is 11.4 Å². The normalized spacial score (nSPS) is 11.5. The summed E-state index contributed by atoms with van der Waals surface area (Å²) in [6.07, 6.45) is 0. The Labute approximate surface area is 93.7 Å². The molecule has 1 aromatic rings. The van der Waals surface area contributed by atoms with Crippen LogP contribution in [0.25, 0.3) is 0 Å². The van der Waals surface area contributed by atoms with Gasteiger partial charge in [-0.1, -0.05) is 0 Å². The summed E-state index contributed by atoms with van der Waals surface area (Å²) < 4.78 is 22.6. The number of nitrogens with one attached hydrogen (secondary N) is 1. The van der Waals surface area contributed by atoms with Gasteiger partial charge < -0.3 is 4.90 Å². The molecule has 0 bridgehead atoms. The third-order valence-electron chi connectivity index (χ3n) is 2.20. The molecule has 0 atom stereocenters. The molecule has 0 aliphatic heterocycles. The molecule has 7 nitrogen and oxygen atoms in total. The first-order valence-corrected chi connectivity index (χ1v) is 6.16. The fourth-order valence-corrected chi connectivity index (χ4v) is 2.11. The molecule has 90 valence electrons. The van der Waals surface area contributed by atoms with Crippen molar-refractivity contribution in [2.24, 2.45) is 5.14 Å². The molecule has 0 saturated heterocycles. The van der Waals surface area contributed by atoms with Crippen molar-refractivity contribution in [1.82, 2.24) is 15.1 Å². The Bertz CT molecular complexity index is 505. The lowest BCUT2D eigenvalue weighted by Gasteiger charge is -2.13. The van der Waals surface area contributed by atoms with Gasteiger partial charge >= 0.3 is 0 Å². The van der Waals surface area contributed by atoms with Crippen LogP contribution in [-0.2, 0) is 10.0 Å². The van der Waals surface area contributed by atoms with Crippen LogP contribution in [0.1, 0.15) is 23.1 Å². The van der Waals surface area contributed by atoms with Crippen molar-refractivity contribution in [2.45, 2.75) is 18.7 Å². The smallest absolute Gasteiger partial charge is 0.275 e. The molecule has 8 heteroatoms. The van der Waals surface area contributed by atoms with E-state index < -0.39 is 15.9 Å². The number of nitrogens with zero attached hydrogens (tertiary/aromatic N) is 2. The summed E-state index contributed by atoms with van der Waals surface area (Å²) in [5.74, 6) is -0.476. The maximum atomic E-state index is 11.8. The molecule has 0 saturated carbocycles. The highest BCUT2D eigenvalue weighted by Gasteiger charge is 2.26. The number of H-pyrrole nitrogens is 1. The molecule has 0 aliphatic carbocycles. The van der Waals surface area contributed by atoms with Crippen LogP contribution in [0.15, 0.2) is 4.90 Å². The van der Waals surface area contributed by atoms with E-state index in [1.54, 1.807) is 14.0 Å². The summed E-state index contributed by atoms with van der Waals surface area (Å²) in [5.41, 5.74) is 0.0969. The summed E-state index contributed by atoms with van der Waals surface area (Å²) in [5, 5.41) is 11.1. The van der Waals surface area contributed by atoms with Crippen LogP contribution in [-0.4, -0.2) is 43.0 Å². The SMILES string of the molecule is CCN(C)C(=O)c1n[nH]c(C)c1S(N)(=O)=O. The minimum absolute atomic E-state index is 0.163. The van der Waals surface area contributed by atoms with Crippen molar-refractivity contribution < 1.29 is 13.2 Å². The predicted molar refractivity (Wildman–Crippen MR) is 57.3 cm³/mol. The minimum Gasteiger partial charge on any atom is -0.341 e. The predicted octanol–water partition coefficient (Wildman–Crippen LogP) is -0.543. The standard InChI is InChI=1S/C8H14N4O3S/c1-4-12(3)8(13)6-7(16(9,14)15)5(2)10-11-6/h4H2,1-3H3,(H,10,11)(H2,9,14,15). The number of hydrogen-bond donors (Lipinski definition) is 2. The molecule has 16 heavy (non-hydrogen) atoms. The Morgan fingerprint density at radius 3 is 2.56 bits per heavy atom. The fraction of sp³-hybridized carbons (Fsp3) is 0.500. The van der Waals surface area contributed by atoms with Gasteiger partial charge in [0.05, 0.1) is 5.69 Å². The first-order chi connectivity index (χ1) is 7.29. The molecule has 0 unspecified atom stereocenters. The number of carbonyl (C=O) groups excluding carboxylic acids is 1. The largest absolute Gasteiger partial charge is 0.341 e. The maximum absolute atomic E-state index is 11.8. The van der Waals surface area contributed by atoms with Crippen LogP contribution in [0.4, 0.5) is 0 Å². The fourth-order valence-electron chi connectivity index (χ4n) is 1.24. The lowest BCUT2D eigenvalue weighted by Crippen LogP contribution is -2.28. The number of hydrogen-bond acceptors (Lipinski definition) is 4. The van der Waals surface area contributed by atoms with E-state index >= 15 is 0 Å². The zero-order valence-corrected chi connectivity index (χ0v) is 10.1. The van der Waals surface area contributed by atoms with Gasteiger partial charge in [-0.3, -0.25) is 9.89 Å². The number of primary sulfonamides is 1. The van der Waals surface area contributed by atoms with Gasteiger partial charge in [0.15, 0.2) is 5.69 Å². The average molecular weight is 246 g/mol. The van der Waals surface area contributed by atoms with Gasteiger partial charge in [0.1, 0.15) is 4.90 Å². The number of aryl methyl sites for hydroxylation is 1. The Morgan fingerprint density at radius 1 is 1.56 bits per heavy atom. The van der Waals surface area contributed by atoms with E-state index in [-0.39, 0.29) is 16.3 Å². The van der Waals surface area contributed by atoms with E-state index in [0.717, 1.165) is 0 Å². The molecular weight excluding hydrogens is 232 g/mol. The number of sulfonamides is 1. The van der Waals surface area contributed by atoms with Crippen LogP contribution in [0, 0.1) is 6.92 Å². The highest BCUT2D eigenvalue weighted by Crippen LogP contribution is 2.16. The average Bonchev–Trinajstić information content (AvgIpc) is 2.57. The van der Waals surface area contributed by atoms with Gasteiger partial charge in [-0.15, -0.1) is 0 Å². The minimum atomic E-state index is -3.95. The van der Waals surface area contributed by atoms with E-state index in [1.807, 2.05) is 0 Å². The molecule has 1 rings (SSSR count). The Balaban J connectivity index is 3.32. The van der Waals surface area contributed by atoms with Crippen LogP contribution < -0.4 is 5.14 Å². The number of nitrogens with two attached hydrogens (primary N) is 1. The van der Waals surface area contributed by atoms with Gasteiger partial charge in [0.2, 0.25) is 10.0 Å². The van der Waals surface area contributed by atoms with E-state index in [9.17, 15) is 13.2 Å². The van der Waals surface area contributed by atoms with E-state index in [1.165, 1.54) is 11.8 Å². The first-order valence-electron chi connectivity index (χ1n) is 4.62. The molecule has 0 fully saturated rings. The summed E-state index contributed by atoms with van der Waals surface area (Å²) in [6, 6.07) is 0. The second kappa shape index (κ2) is 4.22. The van der Waals surface area contributed by atoms with Crippen LogP contribution >= 0.6 is 0 Å².